The van der Waals surface area contributed by atoms with Crippen LogP contribution in [-0.2, 0) is 0 Å². The number of rotatable bonds is 6. The van der Waals surface area contributed by atoms with E-state index in [0.717, 1.165) is 17.1 Å². The highest BCUT2D eigenvalue weighted by atomic mass is 32.1. The van der Waals surface area contributed by atoms with Gasteiger partial charge in [0.05, 0.1) is 5.69 Å². The first-order chi connectivity index (χ1) is 23.8. The number of hydrogen-bond donors (Lipinski definition) is 0. The van der Waals surface area contributed by atoms with E-state index >= 15 is 0 Å². The summed E-state index contributed by atoms with van der Waals surface area (Å²) in [4.78, 5) is 2.39. The van der Waals surface area contributed by atoms with Crippen LogP contribution in [0, 0.1) is 0 Å². The van der Waals surface area contributed by atoms with E-state index in [1.54, 1.807) is 0 Å². The molecule has 8 aromatic carbocycles. The van der Waals surface area contributed by atoms with Gasteiger partial charge >= 0.3 is 0 Å². The Labute approximate surface area is 284 Å². The first-order valence-electron chi connectivity index (χ1n) is 16.4. The van der Waals surface area contributed by atoms with Crippen molar-refractivity contribution in [1.29, 1.82) is 0 Å². The van der Waals surface area contributed by atoms with E-state index in [-0.39, 0.29) is 0 Å². The van der Waals surface area contributed by atoms with Crippen LogP contribution in [0.1, 0.15) is 0 Å². The summed E-state index contributed by atoms with van der Waals surface area (Å²) < 4.78 is 2.65. The van der Waals surface area contributed by atoms with Gasteiger partial charge in [-0.05, 0) is 81.1 Å². The summed E-state index contributed by atoms with van der Waals surface area (Å²) in [5, 5.41) is 5.15. The number of para-hydroxylation sites is 2. The number of benzene rings is 8. The summed E-state index contributed by atoms with van der Waals surface area (Å²) in [6, 6.07) is 68.1. The monoisotopic (exact) mass is 629 g/mol. The van der Waals surface area contributed by atoms with Gasteiger partial charge in [-0.3, -0.25) is 0 Å². The summed E-state index contributed by atoms with van der Waals surface area (Å²) in [5.41, 5.74) is 10.7. The molecule has 0 bridgehead atoms. The molecule has 9 aromatic rings. The lowest BCUT2D eigenvalue weighted by Crippen LogP contribution is -2.11. The van der Waals surface area contributed by atoms with Crippen LogP contribution < -0.4 is 4.90 Å². The number of nitrogens with zero attached hydrogens (tertiary/aromatic N) is 1. The maximum Gasteiger partial charge on any atom is 0.0540 e. The molecule has 9 rings (SSSR count). The van der Waals surface area contributed by atoms with Crippen molar-refractivity contribution in [3.05, 3.63) is 188 Å². The molecule has 48 heavy (non-hydrogen) atoms. The molecule has 0 spiro atoms. The Kier molecular flexibility index (Phi) is 7.07. The molecule has 0 aliphatic carbocycles. The molecule has 1 heterocycles. The molecule has 0 aliphatic rings. The third-order valence-corrected chi connectivity index (χ3v) is 10.4. The predicted molar refractivity (Wildman–Crippen MR) is 208 cm³/mol. The molecular weight excluding hydrogens is 599 g/mol. The van der Waals surface area contributed by atoms with Crippen LogP contribution in [0.15, 0.2) is 188 Å². The predicted octanol–water partition coefficient (Wildman–Crippen LogP) is 13.7. The Morgan fingerprint density at radius 1 is 0.333 bits per heavy atom. The maximum atomic E-state index is 2.39. The molecule has 0 amide bonds. The van der Waals surface area contributed by atoms with Gasteiger partial charge in [-0.15, -0.1) is 11.3 Å². The third kappa shape index (κ3) is 4.86. The number of fused-ring (bicyclic) bond motifs is 4. The molecule has 0 aliphatic heterocycles. The molecule has 1 aromatic heterocycles. The van der Waals surface area contributed by atoms with E-state index in [1.165, 1.54) is 64.3 Å². The molecule has 1 nitrogen and oxygen atoms in total. The van der Waals surface area contributed by atoms with Crippen molar-refractivity contribution in [3.8, 4) is 33.4 Å². The SMILES string of the molecule is c1ccc(-c2cccc3cccc(-c4ccccc4N(c4ccccc4)c4ccc(-c5cccc6sc7ccccc7c56)cc4)c23)cc1. The van der Waals surface area contributed by atoms with Crippen molar-refractivity contribution in [2.45, 2.75) is 0 Å². The van der Waals surface area contributed by atoms with E-state index in [4.69, 9.17) is 0 Å². The molecule has 0 radical (unpaired) electrons. The van der Waals surface area contributed by atoms with E-state index in [2.05, 4.69) is 193 Å². The van der Waals surface area contributed by atoms with Gasteiger partial charge in [0, 0.05) is 37.1 Å². The van der Waals surface area contributed by atoms with Crippen molar-refractivity contribution >= 4 is 59.3 Å². The van der Waals surface area contributed by atoms with Crippen molar-refractivity contribution in [1.82, 2.24) is 0 Å². The zero-order valence-corrected chi connectivity index (χ0v) is 27.1. The summed E-state index contributed by atoms with van der Waals surface area (Å²) in [6.07, 6.45) is 0. The summed E-state index contributed by atoms with van der Waals surface area (Å²) >= 11 is 1.86. The highest BCUT2D eigenvalue weighted by molar-refractivity contribution is 7.25. The van der Waals surface area contributed by atoms with Crippen molar-refractivity contribution in [2.24, 2.45) is 0 Å². The number of thiophene rings is 1. The van der Waals surface area contributed by atoms with Gasteiger partial charge in [-0.1, -0.05) is 146 Å². The van der Waals surface area contributed by atoms with Crippen molar-refractivity contribution < 1.29 is 0 Å². The first kappa shape index (κ1) is 28.3. The Hall–Kier alpha value is -5.96. The minimum atomic E-state index is 1.11. The summed E-state index contributed by atoms with van der Waals surface area (Å²) in [7, 11) is 0. The summed E-state index contributed by atoms with van der Waals surface area (Å²) in [5.74, 6) is 0. The standard InChI is InChI=1S/C46H31NS/c1-3-14-32(15-4-1)37-22-11-16-34-17-12-24-40(45(34)37)39-20-7-9-25-42(39)47(35-18-5-2-6-19-35)36-30-28-33(29-31-36)38-23-13-27-44-46(38)41-21-8-10-26-43(41)48-44/h1-31H. The highest BCUT2D eigenvalue weighted by Crippen LogP contribution is 2.45. The van der Waals surface area contributed by atoms with Gasteiger partial charge in [-0.2, -0.15) is 0 Å². The first-order valence-corrected chi connectivity index (χ1v) is 17.2. The molecule has 0 saturated heterocycles. The van der Waals surface area contributed by atoms with Gasteiger partial charge in [0.2, 0.25) is 0 Å². The van der Waals surface area contributed by atoms with Gasteiger partial charge in [0.15, 0.2) is 0 Å². The Bertz CT molecular complexity index is 2540. The van der Waals surface area contributed by atoms with Crippen LogP contribution in [0.4, 0.5) is 17.1 Å². The fourth-order valence-electron chi connectivity index (χ4n) is 7.13. The zero-order chi connectivity index (χ0) is 31.9. The van der Waals surface area contributed by atoms with Crippen LogP contribution in [0.25, 0.3) is 64.3 Å². The Morgan fingerprint density at radius 2 is 0.875 bits per heavy atom. The Balaban J connectivity index is 1.22. The lowest BCUT2D eigenvalue weighted by atomic mass is 9.90. The summed E-state index contributed by atoms with van der Waals surface area (Å²) in [6.45, 7) is 0. The van der Waals surface area contributed by atoms with Crippen LogP contribution in [-0.4, -0.2) is 0 Å². The van der Waals surface area contributed by atoms with E-state index in [9.17, 15) is 0 Å². The topological polar surface area (TPSA) is 3.24 Å². The molecule has 226 valence electrons. The fourth-order valence-corrected chi connectivity index (χ4v) is 8.26. The third-order valence-electron chi connectivity index (χ3n) is 9.28. The smallest absolute Gasteiger partial charge is 0.0540 e. The number of hydrogen-bond acceptors (Lipinski definition) is 2. The van der Waals surface area contributed by atoms with Gasteiger partial charge < -0.3 is 4.90 Å². The quantitative estimate of drug-likeness (QED) is 0.177. The average Bonchev–Trinajstić information content (AvgIpc) is 3.55. The largest absolute Gasteiger partial charge is 0.310 e. The van der Waals surface area contributed by atoms with Gasteiger partial charge in [0.1, 0.15) is 0 Å². The normalized spacial score (nSPS) is 11.3. The lowest BCUT2D eigenvalue weighted by molar-refractivity contribution is 1.28. The maximum absolute atomic E-state index is 2.39. The second kappa shape index (κ2) is 12.0. The van der Waals surface area contributed by atoms with Crippen molar-refractivity contribution in [3.63, 3.8) is 0 Å². The van der Waals surface area contributed by atoms with E-state index < -0.39 is 0 Å². The molecular formula is C46H31NS. The lowest BCUT2D eigenvalue weighted by Gasteiger charge is -2.28. The average molecular weight is 630 g/mol. The Morgan fingerprint density at radius 3 is 1.67 bits per heavy atom. The minimum absolute atomic E-state index is 1.11. The molecule has 2 heteroatoms. The zero-order valence-electron chi connectivity index (χ0n) is 26.3. The molecule has 0 atom stereocenters. The second-order valence-corrected chi connectivity index (χ2v) is 13.2. The molecule has 0 saturated carbocycles. The minimum Gasteiger partial charge on any atom is -0.310 e. The molecule has 0 unspecified atom stereocenters. The molecule has 0 N–H and O–H groups in total. The molecule has 0 fully saturated rings. The highest BCUT2D eigenvalue weighted by Gasteiger charge is 2.20. The van der Waals surface area contributed by atoms with Crippen LogP contribution in [0.2, 0.25) is 0 Å². The van der Waals surface area contributed by atoms with E-state index in [1.807, 2.05) is 11.3 Å². The number of anilines is 3. The second-order valence-electron chi connectivity index (χ2n) is 12.1. The van der Waals surface area contributed by atoms with Crippen LogP contribution in [0.3, 0.4) is 0 Å². The fraction of sp³-hybridized carbons (Fsp3) is 0. The van der Waals surface area contributed by atoms with Gasteiger partial charge in [0.25, 0.3) is 0 Å². The van der Waals surface area contributed by atoms with Crippen molar-refractivity contribution in [2.75, 3.05) is 4.90 Å². The van der Waals surface area contributed by atoms with Crippen LogP contribution >= 0.6 is 11.3 Å². The van der Waals surface area contributed by atoms with Gasteiger partial charge in [-0.25, -0.2) is 0 Å². The van der Waals surface area contributed by atoms with Crippen LogP contribution in [0.5, 0.6) is 0 Å². The van der Waals surface area contributed by atoms with E-state index in [0.29, 0.717) is 0 Å².